The second kappa shape index (κ2) is 5.51. The largest absolute Gasteiger partial charge is 0.361 e. The van der Waals surface area contributed by atoms with Gasteiger partial charge in [0, 0.05) is 34.4 Å². The molecule has 2 N–H and O–H groups in total. The molecule has 23 heavy (non-hydrogen) atoms. The van der Waals surface area contributed by atoms with Gasteiger partial charge in [-0.3, -0.25) is 0 Å². The molecular weight excluding hydrogens is 419 g/mol. The number of aryl methyl sites for hydroxylation is 1. The van der Waals surface area contributed by atoms with E-state index in [1.807, 2.05) is 24.4 Å². The fraction of sp³-hybridized carbons (Fsp3) is 0.0588. The standard InChI is InChI=1S/C17H11IN4S/c1-9-14-15(11(7-19)8-21-17(14)23-16(9)18)22-12-2-3-13-10(6-12)4-5-20-13/h2-6,8,20H,1H3,(H,21,22). The Kier molecular flexibility index (Phi) is 3.47. The molecule has 0 atom stereocenters. The summed E-state index contributed by atoms with van der Waals surface area (Å²) in [4.78, 5) is 8.56. The number of aromatic amines is 1. The van der Waals surface area contributed by atoms with E-state index in [1.54, 1.807) is 17.5 Å². The molecule has 0 unspecified atom stereocenters. The number of aromatic nitrogens is 2. The maximum Gasteiger partial charge on any atom is 0.126 e. The number of nitrogens with zero attached hydrogens (tertiary/aromatic N) is 2. The van der Waals surface area contributed by atoms with Crippen molar-refractivity contribution in [1.82, 2.24) is 9.97 Å². The third kappa shape index (κ3) is 2.36. The van der Waals surface area contributed by atoms with Gasteiger partial charge in [-0.15, -0.1) is 11.3 Å². The fourth-order valence-electron chi connectivity index (χ4n) is 2.67. The van der Waals surface area contributed by atoms with Crippen LogP contribution >= 0.6 is 33.9 Å². The Balaban J connectivity index is 1.91. The lowest BCUT2D eigenvalue weighted by atomic mass is 10.1. The van der Waals surface area contributed by atoms with Crippen LogP contribution in [-0.2, 0) is 0 Å². The van der Waals surface area contributed by atoms with Crippen molar-refractivity contribution in [2.24, 2.45) is 0 Å². The molecule has 112 valence electrons. The number of hydrogen-bond donors (Lipinski definition) is 2. The van der Waals surface area contributed by atoms with Crippen LogP contribution in [0.15, 0.2) is 36.7 Å². The van der Waals surface area contributed by atoms with Gasteiger partial charge >= 0.3 is 0 Å². The Hall–Kier alpha value is -2.11. The van der Waals surface area contributed by atoms with Gasteiger partial charge in [0.25, 0.3) is 0 Å². The van der Waals surface area contributed by atoms with Gasteiger partial charge in [0.15, 0.2) is 0 Å². The number of H-pyrrole nitrogens is 1. The maximum atomic E-state index is 9.46. The summed E-state index contributed by atoms with van der Waals surface area (Å²) in [5, 5.41) is 15.1. The molecular formula is C17H11IN4S. The molecule has 6 heteroatoms. The quantitative estimate of drug-likeness (QED) is 0.424. The molecule has 0 saturated heterocycles. The number of hydrogen-bond acceptors (Lipinski definition) is 4. The molecule has 4 rings (SSSR count). The van der Waals surface area contributed by atoms with Crippen LogP contribution in [0, 0.1) is 21.1 Å². The van der Waals surface area contributed by atoms with E-state index in [2.05, 4.69) is 56.9 Å². The van der Waals surface area contributed by atoms with Crippen LogP contribution in [0.2, 0.25) is 0 Å². The summed E-state index contributed by atoms with van der Waals surface area (Å²) in [5.41, 5.74) is 4.62. The molecule has 3 aromatic heterocycles. The van der Waals surface area contributed by atoms with Crippen LogP contribution in [0.3, 0.4) is 0 Å². The second-order valence-corrected chi connectivity index (χ2v) is 8.05. The van der Waals surface area contributed by atoms with E-state index >= 15 is 0 Å². The number of rotatable bonds is 2. The van der Waals surface area contributed by atoms with Gasteiger partial charge in [-0.1, -0.05) is 0 Å². The van der Waals surface area contributed by atoms with Crippen molar-refractivity contribution in [3.8, 4) is 6.07 Å². The predicted molar refractivity (Wildman–Crippen MR) is 103 cm³/mol. The number of nitriles is 1. The first kappa shape index (κ1) is 14.5. The van der Waals surface area contributed by atoms with E-state index in [9.17, 15) is 5.26 Å². The summed E-state index contributed by atoms with van der Waals surface area (Å²) in [6.07, 6.45) is 3.57. The van der Waals surface area contributed by atoms with Crippen molar-refractivity contribution >= 4 is 66.4 Å². The number of halogens is 1. The summed E-state index contributed by atoms with van der Waals surface area (Å²) in [7, 11) is 0. The second-order valence-electron chi connectivity index (χ2n) is 5.24. The lowest BCUT2D eigenvalue weighted by Gasteiger charge is -2.10. The van der Waals surface area contributed by atoms with Crippen molar-refractivity contribution in [3.63, 3.8) is 0 Å². The SMILES string of the molecule is Cc1c(I)sc2ncc(C#N)c(Nc3ccc4[nH]ccc4c3)c12. The van der Waals surface area contributed by atoms with Gasteiger partial charge in [0.1, 0.15) is 10.9 Å². The third-order valence-corrected chi connectivity index (χ3v) is 6.30. The summed E-state index contributed by atoms with van der Waals surface area (Å²) in [6, 6.07) is 10.4. The van der Waals surface area contributed by atoms with Crippen molar-refractivity contribution in [2.45, 2.75) is 6.92 Å². The number of nitrogens with one attached hydrogen (secondary N) is 2. The van der Waals surface area contributed by atoms with Crippen molar-refractivity contribution in [1.29, 1.82) is 5.26 Å². The minimum atomic E-state index is 0.559. The van der Waals surface area contributed by atoms with E-state index in [-0.39, 0.29) is 0 Å². The topological polar surface area (TPSA) is 64.5 Å². The summed E-state index contributed by atoms with van der Waals surface area (Å²) in [6.45, 7) is 2.07. The van der Waals surface area contributed by atoms with Gasteiger partial charge in [0.2, 0.25) is 0 Å². The van der Waals surface area contributed by atoms with E-state index in [0.717, 1.165) is 32.5 Å². The highest BCUT2D eigenvalue weighted by Gasteiger charge is 2.16. The molecule has 0 fully saturated rings. The molecule has 4 nitrogen and oxygen atoms in total. The van der Waals surface area contributed by atoms with Gasteiger partial charge in [0.05, 0.1) is 14.1 Å². The van der Waals surface area contributed by atoms with E-state index in [1.165, 1.54) is 8.45 Å². The molecule has 3 heterocycles. The highest BCUT2D eigenvalue weighted by molar-refractivity contribution is 14.1. The van der Waals surface area contributed by atoms with Crippen molar-refractivity contribution in [3.05, 3.63) is 50.7 Å². The van der Waals surface area contributed by atoms with Crippen LogP contribution in [0.4, 0.5) is 11.4 Å². The first-order chi connectivity index (χ1) is 11.2. The number of fused-ring (bicyclic) bond motifs is 2. The molecule has 0 aliphatic heterocycles. The molecule has 0 aliphatic rings. The molecule has 0 aliphatic carbocycles. The Morgan fingerprint density at radius 2 is 2.22 bits per heavy atom. The average molecular weight is 430 g/mol. The van der Waals surface area contributed by atoms with E-state index < -0.39 is 0 Å². The number of anilines is 2. The minimum absolute atomic E-state index is 0.559. The normalized spacial score (nSPS) is 11.0. The number of thiophene rings is 1. The Morgan fingerprint density at radius 1 is 1.35 bits per heavy atom. The fourth-order valence-corrected chi connectivity index (χ4v) is 4.45. The highest BCUT2D eigenvalue weighted by atomic mass is 127. The van der Waals surface area contributed by atoms with Crippen LogP contribution < -0.4 is 5.32 Å². The van der Waals surface area contributed by atoms with E-state index in [0.29, 0.717) is 5.56 Å². The lowest BCUT2D eigenvalue weighted by Crippen LogP contribution is -1.96. The van der Waals surface area contributed by atoms with Crippen LogP contribution in [0.1, 0.15) is 11.1 Å². The van der Waals surface area contributed by atoms with Crippen LogP contribution in [0.5, 0.6) is 0 Å². The van der Waals surface area contributed by atoms with Gasteiger partial charge in [-0.2, -0.15) is 5.26 Å². The molecule has 0 bridgehead atoms. The first-order valence-corrected chi connectivity index (χ1v) is 8.89. The number of benzene rings is 1. The smallest absolute Gasteiger partial charge is 0.126 e. The third-order valence-electron chi connectivity index (χ3n) is 3.84. The minimum Gasteiger partial charge on any atom is -0.361 e. The molecule has 0 saturated carbocycles. The maximum absolute atomic E-state index is 9.46. The summed E-state index contributed by atoms with van der Waals surface area (Å²) < 4.78 is 1.20. The average Bonchev–Trinajstić information content (AvgIpc) is 3.12. The van der Waals surface area contributed by atoms with Crippen molar-refractivity contribution < 1.29 is 0 Å². The van der Waals surface area contributed by atoms with Crippen molar-refractivity contribution in [2.75, 3.05) is 5.32 Å². The summed E-state index contributed by atoms with van der Waals surface area (Å²) in [5.74, 6) is 0. The Morgan fingerprint density at radius 3 is 3.04 bits per heavy atom. The van der Waals surface area contributed by atoms with Crippen LogP contribution in [0.25, 0.3) is 21.1 Å². The zero-order valence-corrected chi connectivity index (χ0v) is 15.1. The lowest BCUT2D eigenvalue weighted by molar-refractivity contribution is 1.38. The van der Waals surface area contributed by atoms with Gasteiger partial charge in [-0.25, -0.2) is 4.98 Å². The molecule has 0 amide bonds. The van der Waals surface area contributed by atoms with Gasteiger partial charge < -0.3 is 10.3 Å². The molecule has 4 aromatic rings. The highest BCUT2D eigenvalue weighted by Crippen LogP contribution is 2.38. The zero-order chi connectivity index (χ0) is 16.0. The van der Waals surface area contributed by atoms with Crippen LogP contribution in [-0.4, -0.2) is 9.97 Å². The number of pyridine rings is 1. The molecule has 0 radical (unpaired) electrons. The molecule has 1 aromatic carbocycles. The monoisotopic (exact) mass is 430 g/mol. The predicted octanol–water partition coefficient (Wildman–Crippen LogP) is 5.31. The Labute approximate surface area is 150 Å². The summed E-state index contributed by atoms with van der Waals surface area (Å²) >= 11 is 3.97. The Bertz CT molecular complexity index is 1090. The van der Waals surface area contributed by atoms with E-state index in [4.69, 9.17) is 0 Å². The van der Waals surface area contributed by atoms with Gasteiger partial charge in [-0.05, 0) is 59.3 Å². The zero-order valence-electron chi connectivity index (χ0n) is 12.1. The molecule has 0 spiro atoms. The first-order valence-electron chi connectivity index (χ1n) is 6.99.